The molecule has 2 aliphatic rings. The molecule has 0 spiro atoms. The Labute approximate surface area is 143 Å². The zero-order valence-corrected chi connectivity index (χ0v) is 14.4. The number of fused-ring (bicyclic) bond motifs is 1. The van der Waals surface area contributed by atoms with Crippen molar-refractivity contribution >= 4 is 16.9 Å². The quantitative estimate of drug-likeness (QED) is 0.852. The van der Waals surface area contributed by atoms with Crippen molar-refractivity contribution < 1.29 is 4.79 Å². The van der Waals surface area contributed by atoms with Gasteiger partial charge in [0.05, 0.1) is 5.56 Å². The number of rotatable bonds is 2. The lowest BCUT2D eigenvalue weighted by molar-refractivity contribution is 0.0591. The van der Waals surface area contributed by atoms with Gasteiger partial charge < -0.3 is 14.4 Å². The molecule has 0 aromatic carbocycles. The van der Waals surface area contributed by atoms with Gasteiger partial charge in [0, 0.05) is 44.0 Å². The minimum Gasteiger partial charge on any atom is -0.338 e. The molecule has 4 heterocycles. The highest BCUT2D eigenvalue weighted by molar-refractivity contribution is 6.06. The molecule has 5 nitrogen and oxygen atoms in total. The Morgan fingerprint density at radius 1 is 1.12 bits per heavy atom. The van der Waals surface area contributed by atoms with Crippen LogP contribution in [0.1, 0.15) is 42.5 Å². The van der Waals surface area contributed by atoms with Crippen molar-refractivity contribution in [3.8, 4) is 0 Å². The van der Waals surface area contributed by atoms with Crippen LogP contribution in [0.5, 0.6) is 0 Å². The summed E-state index contributed by atoms with van der Waals surface area (Å²) in [6.07, 6.45) is 9.97. The van der Waals surface area contributed by atoms with Crippen LogP contribution in [0.25, 0.3) is 11.0 Å². The molecule has 2 aliphatic heterocycles. The van der Waals surface area contributed by atoms with E-state index in [1.165, 1.54) is 32.4 Å². The van der Waals surface area contributed by atoms with Crippen LogP contribution < -0.4 is 0 Å². The molecule has 2 aromatic rings. The number of likely N-dealkylation sites (tertiary alicyclic amines) is 2. The maximum Gasteiger partial charge on any atom is 0.256 e. The van der Waals surface area contributed by atoms with Gasteiger partial charge in [-0.15, -0.1) is 0 Å². The Balaban J connectivity index is 1.46. The van der Waals surface area contributed by atoms with Crippen molar-refractivity contribution in [1.82, 2.24) is 19.4 Å². The van der Waals surface area contributed by atoms with Crippen molar-refractivity contribution in [2.45, 2.75) is 38.1 Å². The van der Waals surface area contributed by atoms with E-state index >= 15 is 0 Å². The minimum absolute atomic E-state index is 0.158. The van der Waals surface area contributed by atoms with Gasteiger partial charge in [-0.1, -0.05) is 6.42 Å². The summed E-state index contributed by atoms with van der Waals surface area (Å²) in [6, 6.07) is 4.57. The Hall–Kier alpha value is -1.88. The number of carbonyl (C=O) groups excluding carboxylic acids is 1. The smallest absolute Gasteiger partial charge is 0.256 e. The van der Waals surface area contributed by atoms with Gasteiger partial charge in [0.15, 0.2) is 0 Å². The van der Waals surface area contributed by atoms with Crippen molar-refractivity contribution in [3.63, 3.8) is 0 Å². The molecule has 0 radical (unpaired) electrons. The molecule has 0 atom stereocenters. The van der Waals surface area contributed by atoms with E-state index in [0.29, 0.717) is 6.04 Å². The molecule has 2 aromatic heterocycles. The molecule has 0 aliphatic carbocycles. The highest BCUT2D eigenvalue weighted by atomic mass is 16.2. The second-order valence-electron chi connectivity index (χ2n) is 7.15. The molecule has 1 amide bonds. The zero-order valence-electron chi connectivity index (χ0n) is 14.4. The average Bonchev–Trinajstić information content (AvgIpc) is 2.99. The van der Waals surface area contributed by atoms with Crippen molar-refractivity contribution in [3.05, 3.63) is 30.1 Å². The van der Waals surface area contributed by atoms with E-state index < -0.39 is 0 Å². The number of hydrogen-bond donors (Lipinski definition) is 0. The molecule has 2 fully saturated rings. The summed E-state index contributed by atoms with van der Waals surface area (Å²) in [7, 11) is 1.95. The van der Waals surface area contributed by atoms with Gasteiger partial charge in [-0.25, -0.2) is 4.98 Å². The van der Waals surface area contributed by atoms with E-state index in [9.17, 15) is 4.79 Å². The molecule has 128 valence electrons. The third-order valence-electron chi connectivity index (χ3n) is 5.62. The maximum atomic E-state index is 13.0. The standard InChI is InChI=1S/C19H26N4O/c1-21-14-17(16-6-5-9-20-18(16)21)19(24)23-12-7-15(8-13-23)22-10-3-2-4-11-22/h5-6,9,14-15H,2-4,7-8,10-13H2,1H3. The van der Waals surface area contributed by atoms with E-state index in [2.05, 4.69) is 9.88 Å². The summed E-state index contributed by atoms with van der Waals surface area (Å²) in [5.41, 5.74) is 1.67. The summed E-state index contributed by atoms with van der Waals surface area (Å²) in [5, 5.41) is 0.961. The van der Waals surface area contributed by atoms with Gasteiger partial charge in [0.1, 0.15) is 5.65 Å². The fraction of sp³-hybridized carbons (Fsp3) is 0.579. The Morgan fingerprint density at radius 2 is 1.88 bits per heavy atom. The lowest BCUT2D eigenvalue weighted by Crippen LogP contribution is -2.48. The predicted molar refractivity (Wildman–Crippen MR) is 95.1 cm³/mol. The largest absolute Gasteiger partial charge is 0.338 e. The number of aromatic nitrogens is 2. The first-order valence-corrected chi connectivity index (χ1v) is 9.17. The number of amides is 1. The molecule has 2 saturated heterocycles. The van der Waals surface area contributed by atoms with Gasteiger partial charge in [-0.05, 0) is 50.9 Å². The summed E-state index contributed by atoms with van der Waals surface area (Å²) in [6.45, 7) is 4.23. The number of piperidine rings is 2. The normalized spacial score (nSPS) is 20.6. The van der Waals surface area contributed by atoms with Gasteiger partial charge >= 0.3 is 0 Å². The molecular weight excluding hydrogens is 300 g/mol. The average molecular weight is 326 g/mol. The van der Waals surface area contributed by atoms with Crippen LogP contribution in [0.4, 0.5) is 0 Å². The molecule has 0 unspecified atom stereocenters. The fourth-order valence-electron chi connectivity index (χ4n) is 4.27. The summed E-state index contributed by atoms with van der Waals surface area (Å²) in [4.78, 5) is 22.0. The van der Waals surface area contributed by atoms with Gasteiger partial charge in [0.2, 0.25) is 0 Å². The topological polar surface area (TPSA) is 41.4 Å². The van der Waals surface area contributed by atoms with Crippen LogP contribution in [-0.2, 0) is 7.05 Å². The number of aryl methyl sites for hydroxylation is 1. The highest BCUT2D eigenvalue weighted by Crippen LogP contribution is 2.24. The summed E-state index contributed by atoms with van der Waals surface area (Å²) in [5.74, 6) is 0.158. The fourth-order valence-corrected chi connectivity index (χ4v) is 4.27. The first-order chi connectivity index (χ1) is 11.7. The first-order valence-electron chi connectivity index (χ1n) is 9.17. The lowest BCUT2D eigenvalue weighted by Gasteiger charge is -2.40. The third kappa shape index (κ3) is 2.81. The second kappa shape index (κ2) is 6.55. The van der Waals surface area contributed by atoms with Crippen LogP contribution in [0.3, 0.4) is 0 Å². The van der Waals surface area contributed by atoms with Crippen LogP contribution in [0, 0.1) is 0 Å². The maximum absolute atomic E-state index is 13.0. The minimum atomic E-state index is 0.158. The number of hydrogen-bond acceptors (Lipinski definition) is 3. The van der Waals surface area contributed by atoms with E-state index in [0.717, 1.165) is 42.5 Å². The number of nitrogens with zero attached hydrogens (tertiary/aromatic N) is 4. The molecule has 0 saturated carbocycles. The zero-order chi connectivity index (χ0) is 16.5. The lowest BCUT2D eigenvalue weighted by atomic mass is 9.99. The first kappa shape index (κ1) is 15.6. The molecule has 0 N–H and O–H groups in total. The molecule has 4 rings (SSSR count). The van der Waals surface area contributed by atoms with Crippen molar-refractivity contribution in [1.29, 1.82) is 0 Å². The van der Waals surface area contributed by atoms with Crippen LogP contribution in [0.15, 0.2) is 24.5 Å². The predicted octanol–water partition coefficient (Wildman–Crippen LogP) is 2.66. The molecule has 5 heteroatoms. The van der Waals surface area contributed by atoms with Crippen LogP contribution >= 0.6 is 0 Å². The molecule has 24 heavy (non-hydrogen) atoms. The van der Waals surface area contributed by atoms with Gasteiger partial charge in [-0.3, -0.25) is 4.79 Å². The van der Waals surface area contributed by atoms with Gasteiger partial charge in [0.25, 0.3) is 5.91 Å². The molecule has 0 bridgehead atoms. The van der Waals surface area contributed by atoms with Crippen LogP contribution in [0.2, 0.25) is 0 Å². The van der Waals surface area contributed by atoms with Crippen molar-refractivity contribution in [2.24, 2.45) is 7.05 Å². The monoisotopic (exact) mass is 326 g/mol. The summed E-state index contributed by atoms with van der Waals surface area (Å²) >= 11 is 0. The number of carbonyl (C=O) groups is 1. The summed E-state index contributed by atoms with van der Waals surface area (Å²) < 4.78 is 1.95. The Kier molecular flexibility index (Phi) is 4.27. The highest BCUT2D eigenvalue weighted by Gasteiger charge is 2.29. The third-order valence-corrected chi connectivity index (χ3v) is 5.62. The molecular formula is C19H26N4O. The van der Waals surface area contributed by atoms with E-state index in [1.807, 2.05) is 34.8 Å². The second-order valence-corrected chi connectivity index (χ2v) is 7.15. The van der Waals surface area contributed by atoms with E-state index in [1.54, 1.807) is 6.20 Å². The Bertz CT molecular complexity index is 724. The van der Waals surface area contributed by atoms with E-state index in [-0.39, 0.29) is 5.91 Å². The van der Waals surface area contributed by atoms with Crippen LogP contribution in [-0.4, -0.2) is 57.5 Å². The van der Waals surface area contributed by atoms with Crippen molar-refractivity contribution in [2.75, 3.05) is 26.2 Å². The number of pyridine rings is 1. The SMILES string of the molecule is Cn1cc(C(=O)N2CCC(N3CCCCC3)CC2)c2cccnc21. The van der Waals surface area contributed by atoms with E-state index in [4.69, 9.17) is 0 Å². The van der Waals surface area contributed by atoms with Gasteiger partial charge in [-0.2, -0.15) is 0 Å². The Morgan fingerprint density at radius 3 is 2.62 bits per heavy atom.